The summed E-state index contributed by atoms with van der Waals surface area (Å²) in [6, 6.07) is 1.44. The van der Waals surface area contributed by atoms with Gasteiger partial charge in [0.05, 0.1) is 0 Å². The Labute approximate surface area is 93.0 Å². The normalized spacial score (nSPS) is 11.7. The van der Waals surface area contributed by atoms with Gasteiger partial charge >= 0.3 is 0 Å². The van der Waals surface area contributed by atoms with Crippen molar-refractivity contribution >= 4 is 33.0 Å². The predicted molar refractivity (Wildman–Crippen MR) is 56.7 cm³/mol. The van der Waals surface area contributed by atoms with Gasteiger partial charge in [0.2, 0.25) is 0 Å². The molecule has 0 bridgehead atoms. The van der Waals surface area contributed by atoms with Gasteiger partial charge in [-0.3, -0.25) is 0 Å². The number of aromatic nitrogens is 1. The minimum Gasteiger partial charge on any atom is -0.224 e. The van der Waals surface area contributed by atoms with Gasteiger partial charge < -0.3 is 0 Å². The first-order chi connectivity index (χ1) is 6.36. The first kappa shape index (κ1) is 11.8. The Hall–Kier alpha value is -0.320. The zero-order chi connectivity index (χ0) is 10.9. The molecule has 0 aliphatic rings. The van der Waals surface area contributed by atoms with E-state index in [-0.39, 0.29) is 10.2 Å². The van der Waals surface area contributed by atoms with Crippen LogP contribution in [0.3, 0.4) is 0 Å². The van der Waals surface area contributed by atoms with Gasteiger partial charge in [-0.1, -0.05) is 30.1 Å². The molecule has 0 spiro atoms. The second-order valence-electron chi connectivity index (χ2n) is 2.84. The van der Waals surface area contributed by atoms with E-state index in [4.69, 9.17) is 23.2 Å². The molecule has 0 saturated heterocycles. The Morgan fingerprint density at radius 3 is 2.43 bits per heavy atom. The van der Waals surface area contributed by atoms with Gasteiger partial charge in [-0.05, 0) is 12.5 Å². The third-order valence-electron chi connectivity index (χ3n) is 1.71. The molecular formula is C8H9Cl2NO2S. The van der Waals surface area contributed by atoms with Crippen LogP contribution in [0, 0.1) is 0 Å². The highest BCUT2D eigenvalue weighted by Crippen LogP contribution is 2.25. The molecule has 0 aromatic carbocycles. The number of pyridine rings is 1. The van der Waals surface area contributed by atoms with Crippen molar-refractivity contribution in [2.75, 3.05) is 6.26 Å². The van der Waals surface area contributed by atoms with E-state index in [2.05, 4.69) is 4.98 Å². The number of sulfone groups is 1. The molecule has 3 nitrogen and oxygen atoms in total. The molecule has 0 amide bonds. The van der Waals surface area contributed by atoms with Crippen LogP contribution < -0.4 is 0 Å². The van der Waals surface area contributed by atoms with Crippen LogP contribution in [0.2, 0.25) is 10.2 Å². The lowest BCUT2D eigenvalue weighted by molar-refractivity contribution is 0.596. The highest BCUT2D eigenvalue weighted by atomic mass is 35.5. The first-order valence-electron chi connectivity index (χ1n) is 3.91. The van der Waals surface area contributed by atoms with Crippen molar-refractivity contribution in [3.8, 4) is 0 Å². The van der Waals surface area contributed by atoms with Gasteiger partial charge in [0.1, 0.15) is 5.15 Å². The monoisotopic (exact) mass is 253 g/mol. The van der Waals surface area contributed by atoms with Crippen molar-refractivity contribution in [3.63, 3.8) is 0 Å². The van der Waals surface area contributed by atoms with Crippen LogP contribution in [0.5, 0.6) is 0 Å². The van der Waals surface area contributed by atoms with Gasteiger partial charge in [-0.2, -0.15) is 0 Å². The van der Waals surface area contributed by atoms with E-state index >= 15 is 0 Å². The Bertz CT molecular complexity index is 457. The lowest BCUT2D eigenvalue weighted by Gasteiger charge is -2.07. The molecule has 0 aliphatic heterocycles. The van der Waals surface area contributed by atoms with E-state index in [0.29, 0.717) is 17.0 Å². The molecule has 0 unspecified atom stereocenters. The van der Waals surface area contributed by atoms with E-state index in [1.165, 1.54) is 6.07 Å². The number of hydrogen-bond donors (Lipinski definition) is 0. The largest absolute Gasteiger partial charge is 0.224 e. The summed E-state index contributed by atoms with van der Waals surface area (Å²) in [5, 5.41) is 0.401. The van der Waals surface area contributed by atoms with Crippen LogP contribution in [0.1, 0.15) is 12.5 Å². The third kappa shape index (κ3) is 2.38. The molecule has 1 aromatic heterocycles. The Kier molecular flexibility index (Phi) is 3.40. The van der Waals surface area contributed by atoms with Gasteiger partial charge in [-0.25, -0.2) is 13.4 Å². The Morgan fingerprint density at radius 2 is 2.00 bits per heavy atom. The van der Waals surface area contributed by atoms with Crippen molar-refractivity contribution in [2.45, 2.75) is 18.4 Å². The van der Waals surface area contributed by atoms with E-state index < -0.39 is 9.84 Å². The summed E-state index contributed by atoms with van der Waals surface area (Å²) in [5.74, 6) is 0. The molecule has 0 saturated carbocycles. The predicted octanol–water partition coefficient (Wildman–Crippen LogP) is 2.35. The second kappa shape index (κ2) is 4.04. The van der Waals surface area contributed by atoms with Crippen molar-refractivity contribution in [1.29, 1.82) is 0 Å². The van der Waals surface area contributed by atoms with Crippen LogP contribution in [-0.4, -0.2) is 19.7 Å². The van der Waals surface area contributed by atoms with Crippen molar-refractivity contribution in [3.05, 3.63) is 21.8 Å². The molecule has 0 fully saturated rings. The maximum atomic E-state index is 11.3. The molecule has 1 heterocycles. The molecular weight excluding hydrogens is 245 g/mol. The number of nitrogens with zero attached hydrogens (tertiary/aromatic N) is 1. The minimum atomic E-state index is -3.37. The van der Waals surface area contributed by atoms with Crippen molar-refractivity contribution < 1.29 is 8.42 Å². The number of rotatable bonds is 2. The zero-order valence-corrected chi connectivity index (χ0v) is 10.0. The summed E-state index contributed by atoms with van der Waals surface area (Å²) in [6.45, 7) is 1.81. The van der Waals surface area contributed by atoms with E-state index in [1.807, 2.05) is 6.92 Å². The van der Waals surface area contributed by atoms with Gasteiger partial charge in [0.15, 0.2) is 14.9 Å². The zero-order valence-electron chi connectivity index (χ0n) is 7.71. The van der Waals surface area contributed by atoms with Crippen LogP contribution >= 0.6 is 23.2 Å². The molecule has 0 aliphatic carbocycles. The lowest BCUT2D eigenvalue weighted by Crippen LogP contribution is -2.06. The Balaban J connectivity index is 3.56. The molecule has 6 heteroatoms. The van der Waals surface area contributed by atoms with Gasteiger partial charge in [-0.15, -0.1) is 0 Å². The lowest BCUT2D eigenvalue weighted by atomic mass is 10.2. The van der Waals surface area contributed by atoms with Crippen molar-refractivity contribution in [2.24, 2.45) is 0 Å². The summed E-state index contributed by atoms with van der Waals surface area (Å²) in [7, 11) is -3.37. The standard InChI is InChI=1S/C8H9Cl2NO2S/c1-3-5-6(9)4-7(10)11-8(5)14(2,12)13/h4H,3H2,1-2H3. The topological polar surface area (TPSA) is 47.0 Å². The van der Waals surface area contributed by atoms with E-state index in [0.717, 1.165) is 6.26 Å². The highest BCUT2D eigenvalue weighted by Gasteiger charge is 2.17. The van der Waals surface area contributed by atoms with Gasteiger partial charge in [0, 0.05) is 16.8 Å². The fraction of sp³-hybridized carbons (Fsp3) is 0.375. The summed E-state index contributed by atoms with van der Waals surface area (Å²) in [5.41, 5.74) is 0.513. The number of halogens is 2. The quantitative estimate of drug-likeness (QED) is 0.761. The average Bonchev–Trinajstić information content (AvgIpc) is 2.01. The first-order valence-corrected chi connectivity index (χ1v) is 6.56. The average molecular weight is 254 g/mol. The van der Waals surface area contributed by atoms with Gasteiger partial charge in [0.25, 0.3) is 0 Å². The fourth-order valence-corrected chi connectivity index (χ4v) is 2.77. The summed E-state index contributed by atoms with van der Waals surface area (Å²) < 4.78 is 22.7. The minimum absolute atomic E-state index is 0.0301. The van der Waals surface area contributed by atoms with Crippen LogP contribution in [-0.2, 0) is 16.3 Å². The van der Waals surface area contributed by atoms with E-state index in [1.54, 1.807) is 0 Å². The highest BCUT2D eigenvalue weighted by molar-refractivity contribution is 7.90. The summed E-state index contributed by atoms with van der Waals surface area (Å²) >= 11 is 11.5. The van der Waals surface area contributed by atoms with Crippen LogP contribution in [0.25, 0.3) is 0 Å². The van der Waals surface area contributed by atoms with Crippen LogP contribution in [0.4, 0.5) is 0 Å². The number of hydrogen-bond acceptors (Lipinski definition) is 3. The third-order valence-corrected chi connectivity index (χ3v) is 3.28. The molecule has 78 valence electrons. The maximum absolute atomic E-state index is 11.3. The summed E-state index contributed by atoms with van der Waals surface area (Å²) in [4.78, 5) is 3.77. The molecule has 0 N–H and O–H groups in total. The second-order valence-corrected chi connectivity index (χ2v) is 5.56. The van der Waals surface area contributed by atoms with Crippen molar-refractivity contribution in [1.82, 2.24) is 4.98 Å². The molecule has 14 heavy (non-hydrogen) atoms. The SMILES string of the molecule is CCc1c(Cl)cc(Cl)nc1S(C)(=O)=O. The van der Waals surface area contributed by atoms with Crippen LogP contribution in [0.15, 0.2) is 11.1 Å². The Morgan fingerprint density at radius 1 is 1.43 bits per heavy atom. The summed E-state index contributed by atoms with van der Waals surface area (Å²) in [6.07, 6.45) is 1.59. The van der Waals surface area contributed by atoms with E-state index in [9.17, 15) is 8.42 Å². The maximum Gasteiger partial charge on any atom is 0.193 e. The smallest absolute Gasteiger partial charge is 0.193 e. The fourth-order valence-electron chi connectivity index (χ4n) is 1.12. The molecule has 1 rings (SSSR count). The molecule has 0 atom stereocenters. The molecule has 0 radical (unpaired) electrons. The molecule has 1 aromatic rings.